The number of halogens is 1. The molecule has 0 saturated heterocycles. The number of anilines is 2. The molecule has 0 radical (unpaired) electrons. The van der Waals surface area contributed by atoms with Crippen LogP contribution in [0.5, 0.6) is 0 Å². The van der Waals surface area contributed by atoms with Gasteiger partial charge in [-0.05, 0) is 22.8 Å². The minimum atomic E-state index is -4.87. The van der Waals surface area contributed by atoms with Crippen molar-refractivity contribution in [1.29, 1.82) is 0 Å². The zero-order chi connectivity index (χ0) is 17.1. The van der Waals surface area contributed by atoms with E-state index in [0.717, 1.165) is 0 Å². The number of nitrogens with one attached hydrogen (secondary N) is 1. The summed E-state index contributed by atoms with van der Waals surface area (Å²) >= 11 is 6.38. The zero-order valence-electron chi connectivity index (χ0n) is 12.1. The van der Waals surface area contributed by atoms with Gasteiger partial charge < -0.3 is 25.6 Å². The number of hydrogen-bond donors (Lipinski definition) is 4. The maximum absolute atomic E-state index is 12.1. The van der Waals surface area contributed by atoms with E-state index in [0.29, 0.717) is 0 Å². The summed E-state index contributed by atoms with van der Waals surface area (Å²) < 4.78 is 19.8. The van der Waals surface area contributed by atoms with Gasteiger partial charge in [-0.1, -0.05) is 41.9 Å². The van der Waals surface area contributed by atoms with Crippen LogP contribution in [0.2, 0.25) is 0 Å². The lowest BCUT2D eigenvalue weighted by Gasteiger charge is -2.35. The van der Waals surface area contributed by atoms with E-state index in [4.69, 9.17) is 22.1 Å². The second kappa shape index (κ2) is 6.86. The first-order valence-electron chi connectivity index (χ1n) is 6.57. The molecule has 2 unspecified atom stereocenters. The quantitative estimate of drug-likeness (QED) is 0.328. The Hall–Kier alpha value is -1.64. The topological polar surface area (TPSA) is 144 Å². The summed E-state index contributed by atoms with van der Waals surface area (Å²) in [6.07, 6.45) is -1.34. The van der Waals surface area contributed by atoms with Crippen molar-refractivity contribution in [3.63, 3.8) is 0 Å². The molecule has 0 aliphatic rings. The van der Waals surface area contributed by atoms with Crippen LogP contribution in [0.4, 0.5) is 11.6 Å². The number of benzene rings is 1. The summed E-state index contributed by atoms with van der Waals surface area (Å²) in [5.74, 6) is -0.120. The van der Waals surface area contributed by atoms with E-state index in [1.54, 1.807) is 25.1 Å². The predicted molar refractivity (Wildman–Crippen MR) is 83.8 cm³/mol. The fraction of sp³-hybridized carbons (Fsp3) is 0.333. The number of nitrogens with zero attached hydrogens (tertiary/aromatic N) is 2. The van der Waals surface area contributed by atoms with Crippen LogP contribution in [-0.4, -0.2) is 32.9 Å². The van der Waals surface area contributed by atoms with E-state index in [2.05, 4.69) is 20.3 Å². The highest BCUT2D eigenvalue weighted by molar-refractivity contribution is 7.55. The van der Waals surface area contributed by atoms with Crippen LogP contribution < -0.4 is 11.1 Å². The first-order valence-corrected chi connectivity index (χ1v) is 8.56. The van der Waals surface area contributed by atoms with Gasteiger partial charge in [-0.2, -0.15) is 0 Å². The minimum Gasteiger partial charge on any atom is -0.378 e. The number of hydrogen-bond acceptors (Lipinski definition) is 7. The van der Waals surface area contributed by atoms with Gasteiger partial charge in [0.25, 0.3) is 0 Å². The van der Waals surface area contributed by atoms with Gasteiger partial charge in [0.05, 0.1) is 0 Å². The molecule has 9 nitrogen and oxygen atoms in total. The van der Waals surface area contributed by atoms with Crippen molar-refractivity contribution in [1.82, 2.24) is 10.3 Å². The molecular formula is C12H16ClN4O5P. The molecule has 0 spiro atoms. The standard InChI is InChI=1S/C12H16ClN4O5P/c1-2-21-11(15-10-9(14)16-22-17-10)12(13,23(18,19)20)8-6-4-3-5-7-8/h3-7,11H,2H2,1H3,(H2,14,16)(H,15,17)(H2,18,19,20). The average molecular weight is 363 g/mol. The normalized spacial score (nSPS) is 15.8. The van der Waals surface area contributed by atoms with Crippen LogP contribution in [-0.2, 0) is 13.9 Å². The van der Waals surface area contributed by atoms with E-state index in [1.165, 1.54) is 12.1 Å². The Labute approximate surface area is 136 Å². The lowest BCUT2D eigenvalue weighted by atomic mass is 10.1. The molecular weight excluding hydrogens is 347 g/mol. The molecule has 23 heavy (non-hydrogen) atoms. The van der Waals surface area contributed by atoms with Gasteiger partial charge in [0.1, 0.15) is 0 Å². The molecule has 0 fully saturated rings. The van der Waals surface area contributed by atoms with E-state index in [1.807, 2.05) is 0 Å². The number of aromatic nitrogens is 2. The van der Waals surface area contributed by atoms with E-state index < -0.39 is 18.4 Å². The Balaban J connectivity index is 2.50. The van der Waals surface area contributed by atoms with E-state index in [-0.39, 0.29) is 23.8 Å². The van der Waals surface area contributed by atoms with Crippen molar-refractivity contribution in [3.8, 4) is 0 Å². The molecule has 5 N–H and O–H groups in total. The van der Waals surface area contributed by atoms with Crippen molar-refractivity contribution in [2.24, 2.45) is 0 Å². The van der Waals surface area contributed by atoms with Crippen LogP contribution in [0.3, 0.4) is 0 Å². The maximum Gasteiger partial charge on any atom is 0.355 e. The molecule has 1 heterocycles. The smallest absolute Gasteiger partial charge is 0.355 e. The van der Waals surface area contributed by atoms with Crippen LogP contribution in [0.25, 0.3) is 0 Å². The number of alkyl halides is 1. The second-order valence-electron chi connectivity index (χ2n) is 4.56. The summed E-state index contributed by atoms with van der Waals surface area (Å²) in [6.45, 7) is 1.78. The Kier molecular flexibility index (Phi) is 5.28. The molecule has 0 aliphatic carbocycles. The molecule has 0 saturated carbocycles. The molecule has 126 valence electrons. The first-order chi connectivity index (χ1) is 10.8. The van der Waals surface area contributed by atoms with Gasteiger partial charge in [0.2, 0.25) is 16.3 Å². The highest BCUT2D eigenvalue weighted by atomic mass is 35.5. The van der Waals surface area contributed by atoms with Gasteiger partial charge in [0.15, 0.2) is 6.23 Å². The molecule has 2 aromatic rings. The van der Waals surface area contributed by atoms with E-state index >= 15 is 0 Å². The summed E-state index contributed by atoms with van der Waals surface area (Å²) in [7, 11) is -4.87. The maximum atomic E-state index is 12.1. The molecule has 0 aliphatic heterocycles. The van der Waals surface area contributed by atoms with Crippen molar-refractivity contribution < 1.29 is 23.7 Å². The molecule has 2 rings (SSSR count). The van der Waals surface area contributed by atoms with E-state index in [9.17, 15) is 14.4 Å². The molecule has 11 heteroatoms. The van der Waals surface area contributed by atoms with Crippen molar-refractivity contribution in [3.05, 3.63) is 35.9 Å². The Morgan fingerprint density at radius 1 is 1.43 bits per heavy atom. The average Bonchev–Trinajstić information content (AvgIpc) is 2.91. The first kappa shape index (κ1) is 17.7. The second-order valence-corrected chi connectivity index (χ2v) is 7.21. The molecule has 0 bridgehead atoms. The molecule has 1 aromatic carbocycles. The highest BCUT2D eigenvalue weighted by Crippen LogP contribution is 2.62. The van der Waals surface area contributed by atoms with Crippen LogP contribution in [0.15, 0.2) is 35.0 Å². The van der Waals surface area contributed by atoms with Gasteiger partial charge in [0, 0.05) is 6.61 Å². The molecule has 2 atom stereocenters. The summed E-state index contributed by atoms with van der Waals surface area (Å²) in [4.78, 5) is 19.7. The van der Waals surface area contributed by atoms with Crippen molar-refractivity contribution in [2.45, 2.75) is 17.8 Å². The molecule has 1 aromatic heterocycles. The Bertz CT molecular complexity index is 694. The monoisotopic (exact) mass is 362 g/mol. The number of rotatable bonds is 7. The number of nitrogen functional groups attached to an aromatic ring is 1. The van der Waals surface area contributed by atoms with Crippen LogP contribution in [0.1, 0.15) is 12.5 Å². The summed E-state index contributed by atoms with van der Waals surface area (Å²) in [5, 5.41) is 9.53. The number of nitrogens with two attached hydrogens (primary N) is 1. The third-order valence-corrected chi connectivity index (χ3v) is 5.48. The van der Waals surface area contributed by atoms with Crippen LogP contribution in [0, 0.1) is 0 Å². The fourth-order valence-electron chi connectivity index (χ4n) is 1.98. The lowest BCUT2D eigenvalue weighted by Crippen LogP contribution is -2.42. The zero-order valence-corrected chi connectivity index (χ0v) is 13.7. The van der Waals surface area contributed by atoms with Gasteiger partial charge >= 0.3 is 7.60 Å². The number of ether oxygens (including phenoxy) is 1. The minimum absolute atomic E-state index is 0.0298. The highest BCUT2D eigenvalue weighted by Gasteiger charge is 2.54. The fourth-order valence-corrected chi connectivity index (χ4v) is 3.15. The largest absolute Gasteiger partial charge is 0.378 e. The van der Waals surface area contributed by atoms with Gasteiger partial charge in [-0.15, -0.1) is 0 Å². The van der Waals surface area contributed by atoms with Crippen molar-refractivity contribution in [2.75, 3.05) is 17.7 Å². The third-order valence-electron chi connectivity index (χ3n) is 3.07. The lowest BCUT2D eigenvalue weighted by molar-refractivity contribution is 0.0626. The van der Waals surface area contributed by atoms with Gasteiger partial charge in [-0.25, -0.2) is 4.63 Å². The third kappa shape index (κ3) is 3.49. The SMILES string of the molecule is CCOC(Nc1nonc1N)C(Cl)(c1ccccc1)P(=O)(O)O. The van der Waals surface area contributed by atoms with Crippen LogP contribution >= 0.6 is 19.2 Å². The summed E-state index contributed by atoms with van der Waals surface area (Å²) in [5.41, 5.74) is 5.73. The summed E-state index contributed by atoms with van der Waals surface area (Å²) in [6, 6.07) is 7.89. The van der Waals surface area contributed by atoms with Crippen molar-refractivity contribution >= 4 is 30.8 Å². The Morgan fingerprint density at radius 3 is 2.57 bits per heavy atom. The molecule has 0 amide bonds. The predicted octanol–water partition coefficient (Wildman–Crippen LogP) is 1.70. The Morgan fingerprint density at radius 2 is 2.09 bits per heavy atom. The van der Waals surface area contributed by atoms with Gasteiger partial charge in [-0.3, -0.25) is 4.57 Å².